The van der Waals surface area contributed by atoms with Crippen LogP contribution in [-0.2, 0) is 16.0 Å². The Hall–Kier alpha value is -1.25. The second kappa shape index (κ2) is 5.59. The van der Waals surface area contributed by atoms with Crippen molar-refractivity contribution < 1.29 is 9.53 Å². The van der Waals surface area contributed by atoms with E-state index in [1.54, 1.807) is 0 Å². The van der Waals surface area contributed by atoms with Crippen LogP contribution < -0.4 is 5.46 Å². The number of benzene rings is 1. The number of carbonyl (C=O) groups is 1. The quantitative estimate of drug-likeness (QED) is 0.551. The lowest BCUT2D eigenvalue weighted by Gasteiger charge is -2.04. The number of esters is 1. The fourth-order valence-electron chi connectivity index (χ4n) is 1.42. The molecule has 0 aliphatic heterocycles. The third-order valence-electron chi connectivity index (χ3n) is 2.49. The van der Waals surface area contributed by atoms with Gasteiger partial charge in [-0.3, -0.25) is 4.79 Å². The number of carbonyl (C=O) groups excluding carboxylic acids is 1. The zero-order valence-electron chi connectivity index (χ0n) is 9.62. The van der Waals surface area contributed by atoms with Gasteiger partial charge in [-0.1, -0.05) is 43.4 Å². The molecule has 0 aliphatic rings. The molecular weight excluding hydrogens is 187 g/mol. The molecule has 0 fully saturated rings. The Bertz CT molecular complexity index is 317. The van der Waals surface area contributed by atoms with Gasteiger partial charge in [-0.2, -0.15) is 0 Å². The predicted octanol–water partition coefficient (Wildman–Crippen LogP) is 1.75. The molecule has 0 saturated heterocycles. The van der Waals surface area contributed by atoms with Gasteiger partial charge in [0.25, 0.3) is 0 Å². The summed E-state index contributed by atoms with van der Waals surface area (Å²) in [6.07, 6.45) is 1.21. The molecule has 80 valence electrons. The normalized spacial score (nSPS) is 9.80. The summed E-state index contributed by atoms with van der Waals surface area (Å²) >= 11 is 0. The Morgan fingerprint density at radius 1 is 1.27 bits per heavy atom. The molecule has 0 aromatic heterocycles. The van der Waals surface area contributed by atoms with E-state index in [1.807, 2.05) is 0 Å². The lowest BCUT2D eigenvalue weighted by Crippen LogP contribution is -2.21. The molecule has 0 radical (unpaired) electrons. The largest absolute Gasteiger partial charge is 0.469 e. The topological polar surface area (TPSA) is 26.3 Å². The highest BCUT2D eigenvalue weighted by molar-refractivity contribution is 6.70. The summed E-state index contributed by atoms with van der Waals surface area (Å²) in [4.78, 5) is 10.9. The third-order valence-corrected chi connectivity index (χ3v) is 2.49. The van der Waals surface area contributed by atoms with Crippen LogP contribution in [0.5, 0.6) is 0 Å². The maximum Gasteiger partial charge on any atom is 0.305 e. The SMILES string of the molecule is COC(=O)CCc1ccc(B(C)C)cc1. The summed E-state index contributed by atoms with van der Waals surface area (Å²) in [7, 11) is 1.42. The number of hydrogen-bond donors (Lipinski definition) is 0. The van der Waals surface area contributed by atoms with Gasteiger partial charge in [0.1, 0.15) is 0 Å². The maximum absolute atomic E-state index is 10.9. The van der Waals surface area contributed by atoms with Crippen LogP contribution in [0.3, 0.4) is 0 Å². The van der Waals surface area contributed by atoms with Gasteiger partial charge in [-0.15, -0.1) is 0 Å². The van der Waals surface area contributed by atoms with Crippen molar-refractivity contribution in [3.8, 4) is 0 Å². The van der Waals surface area contributed by atoms with Crippen LogP contribution in [0.4, 0.5) is 0 Å². The van der Waals surface area contributed by atoms with E-state index in [0.717, 1.165) is 6.42 Å². The predicted molar refractivity (Wildman–Crippen MR) is 63.9 cm³/mol. The number of ether oxygens (including phenoxy) is 1. The smallest absolute Gasteiger partial charge is 0.305 e. The minimum Gasteiger partial charge on any atom is -0.469 e. The number of aryl methyl sites for hydroxylation is 1. The van der Waals surface area contributed by atoms with E-state index >= 15 is 0 Å². The molecule has 0 spiro atoms. The fraction of sp³-hybridized carbons (Fsp3) is 0.417. The summed E-state index contributed by atoms with van der Waals surface area (Å²) in [5.74, 6) is -0.150. The van der Waals surface area contributed by atoms with Crippen molar-refractivity contribution in [1.82, 2.24) is 0 Å². The molecule has 3 heteroatoms. The zero-order valence-corrected chi connectivity index (χ0v) is 9.62. The highest BCUT2D eigenvalue weighted by Crippen LogP contribution is 2.02. The first-order valence-corrected chi connectivity index (χ1v) is 5.29. The number of hydrogen-bond acceptors (Lipinski definition) is 2. The molecule has 15 heavy (non-hydrogen) atoms. The second-order valence-corrected chi connectivity index (χ2v) is 3.97. The minimum atomic E-state index is -0.150. The average molecular weight is 204 g/mol. The maximum atomic E-state index is 10.9. The van der Waals surface area contributed by atoms with Crippen LogP contribution >= 0.6 is 0 Å². The fourth-order valence-corrected chi connectivity index (χ4v) is 1.42. The van der Waals surface area contributed by atoms with Gasteiger partial charge in [0.2, 0.25) is 0 Å². The molecule has 0 unspecified atom stereocenters. The Morgan fingerprint density at radius 2 is 1.87 bits per heavy atom. The van der Waals surface area contributed by atoms with E-state index in [4.69, 9.17) is 0 Å². The Kier molecular flexibility index (Phi) is 4.41. The van der Waals surface area contributed by atoms with E-state index in [1.165, 1.54) is 18.1 Å². The van der Waals surface area contributed by atoms with Gasteiger partial charge in [0.15, 0.2) is 6.71 Å². The standard InChI is InChI=1S/C12H17BO2/c1-13(2)11-7-4-10(5-8-11)6-9-12(14)15-3/h4-5,7-8H,6,9H2,1-3H3. The Labute approximate surface area is 91.7 Å². The van der Waals surface area contributed by atoms with E-state index < -0.39 is 0 Å². The van der Waals surface area contributed by atoms with E-state index in [0.29, 0.717) is 13.1 Å². The van der Waals surface area contributed by atoms with Crippen molar-refractivity contribution in [2.45, 2.75) is 26.5 Å². The van der Waals surface area contributed by atoms with Crippen LogP contribution in [0.1, 0.15) is 12.0 Å². The van der Waals surface area contributed by atoms with Crippen molar-refractivity contribution in [3.05, 3.63) is 29.8 Å². The van der Waals surface area contributed by atoms with Crippen LogP contribution in [0, 0.1) is 0 Å². The Balaban J connectivity index is 2.53. The van der Waals surface area contributed by atoms with Crippen LogP contribution in [-0.4, -0.2) is 19.8 Å². The molecule has 1 aromatic carbocycles. The van der Waals surface area contributed by atoms with Gasteiger partial charge in [0.05, 0.1) is 7.11 Å². The van der Waals surface area contributed by atoms with Crippen molar-refractivity contribution in [2.24, 2.45) is 0 Å². The summed E-state index contributed by atoms with van der Waals surface area (Å²) in [5.41, 5.74) is 2.52. The van der Waals surface area contributed by atoms with Gasteiger partial charge >= 0.3 is 5.97 Å². The molecule has 0 heterocycles. The van der Waals surface area contributed by atoms with Crippen LogP contribution in [0.2, 0.25) is 13.6 Å². The first kappa shape index (κ1) is 11.8. The van der Waals surface area contributed by atoms with Crippen molar-refractivity contribution in [3.63, 3.8) is 0 Å². The highest BCUT2D eigenvalue weighted by Gasteiger charge is 2.04. The zero-order chi connectivity index (χ0) is 11.3. The lowest BCUT2D eigenvalue weighted by molar-refractivity contribution is -0.140. The van der Waals surface area contributed by atoms with Crippen molar-refractivity contribution in [1.29, 1.82) is 0 Å². The number of rotatable bonds is 4. The molecule has 0 amide bonds. The molecule has 0 aliphatic carbocycles. The van der Waals surface area contributed by atoms with Crippen molar-refractivity contribution >= 4 is 18.1 Å². The summed E-state index contributed by atoms with van der Waals surface area (Å²) < 4.78 is 4.59. The second-order valence-electron chi connectivity index (χ2n) is 3.97. The minimum absolute atomic E-state index is 0.150. The van der Waals surface area contributed by atoms with Crippen molar-refractivity contribution in [2.75, 3.05) is 7.11 Å². The van der Waals surface area contributed by atoms with Gasteiger partial charge < -0.3 is 4.74 Å². The number of methoxy groups -OCH3 is 1. The average Bonchev–Trinajstić information content (AvgIpc) is 2.26. The molecule has 0 atom stereocenters. The molecule has 0 saturated carbocycles. The van der Waals surface area contributed by atoms with E-state index in [-0.39, 0.29) is 5.97 Å². The lowest BCUT2D eigenvalue weighted by atomic mass is 9.49. The molecule has 1 aromatic rings. The monoisotopic (exact) mass is 204 g/mol. The third kappa shape index (κ3) is 3.78. The summed E-state index contributed by atoms with van der Waals surface area (Å²) in [5, 5.41) is 0. The van der Waals surface area contributed by atoms with E-state index in [2.05, 4.69) is 42.6 Å². The molecule has 0 N–H and O–H groups in total. The molecule has 0 bridgehead atoms. The first-order chi connectivity index (χ1) is 7.13. The highest BCUT2D eigenvalue weighted by atomic mass is 16.5. The van der Waals surface area contributed by atoms with Gasteiger partial charge in [0, 0.05) is 6.42 Å². The van der Waals surface area contributed by atoms with E-state index in [9.17, 15) is 4.79 Å². The summed E-state index contributed by atoms with van der Waals surface area (Å²) in [6, 6.07) is 8.41. The van der Waals surface area contributed by atoms with Crippen LogP contribution in [0.15, 0.2) is 24.3 Å². The molecular formula is C12H17BO2. The first-order valence-electron chi connectivity index (χ1n) is 5.29. The van der Waals surface area contributed by atoms with Gasteiger partial charge in [-0.05, 0) is 12.0 Å². The van der Waals surface area contributed by atoms with Gasteiger partial charge in [-0.25, -0.2) is 0 Å². The molecule has 2 nitrogen and oxygen atoms in total. The molecule has 1 rings (SSSR count). The van der Waals surface area contributed by atoms with Crippen LogP contribution in [0.25, 0.3) is 0 Å². The summed E-state index contributed by atoms with van der Waals surface area (Å²) in [6.45, 7) is 4.90. The Morgan fingerprint density at radius 3 is 2.33 bits per heavy atom.